The van der Waals surface area contributed by atoms with Gasteiger partial charge in [-0.25, -0.2) is 4.99 Å². The summed E-state index contributed by atoms with van der Waals surface area (Å²) in [4.78, 5) is 13.1. The van der Waals surface area contributed by atoms with Gasteiger partial charge in [0.2, 0.25) is 0 Å². The second kappa shape index (κ2) is 11.2. The predicted octanol–water partition coefficient (Wildman–Crippen LogP) is 2.96. The maximum absolute atomic E-state index is 10.9. The quantitative estimate of drug-likeness (QED) is 0.227. The van der Waals surface area contributed by atoms with Crippen LogP contribution in [0, 0.1) is 13.8 Å². The molecule has 0 spiro atoms. The van der Waals surface area contributed by atoms with Crippen LogP contribution in [-0.2, 0) is 12.0 Å². The van der Waals surface area contributed by atoms with Gasteiger partial charge >= 0.3 is 0 Å². The van der Waals surface area contributed by atoms with E-state index in [1.165, 1.54) is 0 Å². The van der Waals surface area contributed by atoms with Crippen molar-refractivity contribution in [1.82, 2.24) is 25.8 Å². The van der Waals surface area contributed by atoms with E-state index >= 15 is 0 Å². The molecule has 0 aliphatic carbocycles. The molecule has 3 N–H and O–H groups in total. The monoisotopic (exact) mass is 540 g/mol. The Balaban J connectivity index is 0.00000341. The first-order valence-electron chi connectivity index (χ1n) is 9.95. The highest BCUT2D eigenvalue weighted by Crippen LogP contribution is 2.27. The van der Waals surface area contributed by atoms with E-state index in [1.54, 1.807) is 13.1 Å². The molecule has 3 heterocycles. The molecule has 0 bridgehead atoms. The Hall–Kier alpha value is -2.47. The van der Waals surface area contributed by atoms with Crippen LogP contribution in [0.5, 0.6) is 0 Å². The zero-order chi connectivity index (χ0) is 21.6. The SMILES string of the molecule is CCNC(=NCC(C)(O)c1cc(C)oc1C)NCCc1noc(-c2ccccn2)n1.I. The molecule has 3 aromatic heterocycles. The van der Waals surface area contributed by atoms with Crippen molar-refractivity contribution >= 4 is 29.9 Å². The molecule has 0 aromatic carbocycles. The van der Waals surface area contributed by atoms with Gasteiger partial charge in [-0.2, -0.15) is 4.98 Å². The second-order valence-electron chi connectivity index (χ2n) is 7.20. The van der Waals surface area contributed by atoms with Gasteiger partial charge in [0, 0.05) is 31.3 Å². The van der Waals surface area contributed by atoms with Gasteiger partial charge in [0.05, 0.1) is 6.54 Å². The summed E-state index contributed by atoms with van der Waals surface area (Å²) >= 11 is 0. The molecule has 9 nitrogen and oxygen atoms in total. The van der Waals surface area contributed by atoms with E-state index in [-0.39, 0.29) is 30.5 Å². The molecular weight excluding hydrogens is 511 g/mol. The van der Waals surface area contributed by atoms with Crippen LogP contribution in [0.25, 0.3) is 11.6 Å². The predicted molar refractivity (Wildman–Crippen MR) is 128 cm³/mol. The number of nitrogens with one attached hydrogen (secondary N) is 2. The van der Waals surface area contributed by atoms with Crippen molar-refractivity contribution < 1.29 is 14.0 Å². The lowest BCUT2D eigenvalue weighted by Crippen LogP contribution is -2.39. The van der Waals surface area contributed by atoms with Crippen molar-refractivity contribution in [1.29, 1.82) is 0 Å². The van der Waals surface area contributed by atoms with Crippen molar-refractivity contribution in [2.24, 2.45) is 4.99 Å². The van der Waals surface area contributed by atoms with E-state index in [1.807, 2.05) is 45.0 Å². The summed E-state index contributed by atoms with van der Waals surface area (Å²) in [7, 11) is 0. The number of aromatic nitrogens is 3. The first-order valence-corrected chi connectivity index (χ1v) is 9.95. The number of furan rings is 1. The van der Waals surface area contributed by atoms with Gasteiger partial charge in [-0.1, -0.05) is 11.2 Å². The van der Waals surface area contributed by atoms with Gasteiger partial charge < -0.3 is 24.7 Å². The smallest absolute Gasteiger partial charge is 0.276 e. The molecule has 168 valence electrons. The molecule has 0 saturated heterocycles. The Kier molecular flexibility index (Phi) is 8.99. The Labute approximate surface area is 198 Å². The highest BCUT2D eigenvalue weighted by atomic mass is 127. The van der Waals surface area contributed by atoms with E-state index in [0.29, 0.717) is 48.6 Å². The number of nitrogens with zero attached hydrogens (tertiary/aromatic N) is 4. The molecule has 1 atom stereocenters. The molecule has 31 heavy (non-hydrogen) atoms. The third-order valence-corrected chi connectivity index (χ3v) is 4.50. The van der Waals surface area contributed by atoms with E-state index < -0.39 is 5.60 Å². The van der Waals surface area contributed by atoms with Crippen LogP contribution in [0.2, 0.25) is 0 Å². The van der Waals surface area contributed by atoms with Crippen LogP contribution in [0.3, 0.4) is 0 Å². The number of aryl methyl sites for hydroxylation is 2. The normalized spacial score (nSPS) is 13.4. The standard InChI is InChI=1S/C21H28N6O3.HI/c1-5-22-20(25-13-21(4,28)16-12-14(2)29-15(16)3)24-11-9-18-26-19(30-27-18)17-8-6-7-10-23-17;/h6-8,10,12,28H,5,9,11,13H2,1-4H3,(H2,22,24,25);1H. The number of hydrogen-bond donors (Lipinski definition) is 3. The molecule has 0 aliphatic rings. The van der Waals surface area contributed by atoms with Crippen LogP contribution < -0.4 is 10.6 Å². The van der Waals surface area contributed by atoms with Gasteiger partial charge in [0.1, 0.15) is 22.8 Å². The topological polar surface area (TPSA) is 122 Å². The largest absolute Gasteiger partial charge is 0.466 e. The molecule has 3 aromatic rings. The number of rotatable bonds is 8. The number of hydrogen-bond acceptors (Lipinski definition) is 7. The Bertz CT molecular complexity index is 984. The lowest BCUT2D eigenvalue weighted by molar-refractivity contribution is 0.0657. The van der Waals surface area contributed by atoms with Crippen molar-refractivity contribution in [3.05, 3.63) is 53.4 Å². The maximum atomic E-state index is 10.9. The fourth-order valence-electron chi connectivity index (χ4n) is 3.07. The van der Waals surface area contributed by atoms with Gasteiger partial charge in [-0.15, -0.1) is 24.0 Å². The van der Waals surface area contributed by atoms with Crippen LogP contribution in [0.15, 0.2) is 44.4 Å². The third kappa shape index (κ3) is 6.76. The summed E-state index contributed by atoms with van der Waals surface area (Å²) in [6.07, 6.45) is 2.23. The average molecular weight is 540 g/mol. The molecule has 0 aliphatic heterocycles. The Morgan fingerprint density at radius 1 is 1.26 bits per heavy atom. The number of aliphatic hydroxyl groups is 1. The second-order valence-corrected chi connectivity index (χ2v) is 7.20. The van der Waals surface area contributed by atoms with Crippen LogP contribution in [0.4, 0.5) is 0 Å². The molecule has 10 heteroatoms. The molecule has 3 rings (SSSR count). The molecule has 1 unspecified atom stereocenters. The Morgan fingerprint density at radius 3 is 2.71 bits per heavy atom. The first-order chi connectivity index (χ1) is 14.4. The van der Waals surface area contributed by atoms with Crippen LogP contribution in [-0.4, -0.2) is 45.8 Å². The molecule has 0 radical (unpaired) electrons. The van der Waals surface area contributed by atoms with Crippen molar-refractivity contribution in [3.8, 4) is 11.6 Å². The summed E-state index contributed by atoms with van der Waals surface area (Å²) in [5.74, 6) is 3.04. The first kappa shape index (κ1) is 24.8. The summed E-state index contributed by atoms with van der Waals surface area (Å²) in [5.41, 5.74) is 0.259. The fraction of sp³-hybridized carbons (Fsp3) is 0.429. The van der Waals surface area contributed by atoms with E-state index in [9.17, 15) is 5.11 Å². The highest BCUT2D eigenvalue weighted by Gasteiger charge is 2.27. The molecule has 0 saturated carbocycles. The summed E-state index contributed by atoms with van der Waals surface area (Å²) < 4.78 is 10.8. The third-order valence-electron chi connectivity index (χ3n) is 4.50. The number of guanidine groups is 1. The Morgan fingerprint density at radius 2 is 2.06 bits per heavy atom. The van der Waals surface area contributed by atoms with Crippen molar-refractivity contribution in [3.63, 3.8) is 0 Å². The maximum Gasteiger partial charge on any atom is 0.276 e. The number of aliphatic imine (C=N–C) groups is 1. The highest BCUT2D eigenvalue weighted by molar-refractivity contribution is 14.0. The fourth-order valence-corrected chi connectivity index (χ4v) is 3.07. The summed E-state index contributed by atoms with van der Waals surface area (Å²) in [6.45, 7) is 8.86. The van der Waals surface area contributed by atoms with Crippen LogP contribution >= 0.6 is 24.0 Å². The minimum Gasteiger partial charge on any atom is -0.466 e. The van der Waals surface area contributed by atoms with Gasteiger partial charge in [-0.05, 0) is 45.9 Å². The van der Waals surface area contributed by atoms with Gasteiger partial charge in [-0.3, -0.25) is 4.98 Å². The summed E-state index contributed by atoms with van der Waals surface area (Å²) in [6, 6.07) is 7.37. The average Bonchev–Trinajstić information content (AvgIpc) is 3.33. The van der Waals surface area contributed by atoms with Crippen molar-refractivity contribution in [2.45, 2.75) is 39.7 Å². The van der Waals surface area contributed by atoms with E-state index in [0.717, 1.165) is 11.3 Å². The van der Waals surface area contributed by atoms with E-state index in [2.05, 4.69) is 30.8 Å². The van der Waals surface area contributed by atoms with Crippen LogP contribution in [0.1, 0.15) is 36.8 Å². The van der Waals surface area contributed by atoms with Crippen molar-refractivity contribution in [2.75, 3.05) is 19.6 Å². The molecular formula is C21H29IN6O3. The van der Waals surface area contributed by atoms with Gasteiger partial charge in [0.25, 0.3) is 5.89 Å². The zero-order valence-electron chi connectivity index (χ0n) is 18.2. The lowest BCUT2D eigenvalue weighted by atomic mass is 9.96. The lowest BCUT2D eigenvalue weighted by Gasteiger charge is -2.21. The van der Waals surface area contributed by atoms with Gasteiger partial charge in [0.15, 0.2) is 11.8 Å². The number of pyridine rings is 1. The number of halogens is 1. The minimum atomic E-state index is -1.13. The molecule has 0 amide bonds. The zero-order valence-corrected chi connectivity index (χ0v) is 20.5. The van der Waals surface area contributed by atoms with E-state index in [4.69, 9.17) is 8.94 Å². The summed E-state index contributed by atoms with van der Waals surface area (Å²) in [5, 5.41) is 21.2. The molecule has 0 fully saturated rings. The minimum absolute atomic E-state index is 0.